The quantitative estimate of drug-likeness (QED) is 0.641. The largest absolute Gasteiger partial charge is 0.468 e. The van der Waals surface area contributed by atoms with Crippen LogP contribution in [0, 0.1) is 0 Å². The Kier molecular flexibility index (Phi) is 4.87. The first-order chi connectivity index (χ1) is 7.13. The summed E-state index contributed by atoms with van der Waals surface area (Å²) in [5, 5.41) is 1.36. The summed E-state index contributed by atoms with van der Waals surface area (Å²) in [7, 11) is 1.31. The zero-order valence-corrected chi connectivity index (χ0v) is 9.72. The van der Waals surface area contributed by atoms with Crippen molar-refractivity contribution < 1.29 is 9.53 Å². The average molecular weight is 247 g/mol. The number of pyridine rings is 1. The number of ether oxygens (including phenoxy) is 1. The first kappa shape index (κ1) is 12.3. The van der Waals surface area contributed by atoms with Crippen molar-refractivity contribution in [3.05, 3.63) is 23.4 Å². The fourth-order valence-corrected chi connectivity index (χ4v) is 1.73. The number of hydrogen-bond donors (Lipinski definition) is 1. The van der Waals surface area contributed by atoms with Gasteiger partial charge in [0.05, 0.1) is 17.2 Å². The number of methoxy groups -OCH3 is 1. The Morgan fingerprint density at radius 1 is 1.73 bits per heavy atom. The number of thioether (sulfide) groups is 1. The molecule has 15 heavy (non-hydrogen) atoms. The van der Waals surface area contributed by atoms with Crippen LogP contribution in [0.1, 0.15) is 0 Å². The molecule has 2 N–H and O–H groups in total. The number of esters is 1. The maximum atomic E-state index is 11.0. The van der Waals surface area contributed by atoms with E-state index in [-0.39, 0.29) is 0 Å². The Balaban J connectivity index is 2.43. The molecule has 0 saturated heterocycles. The van der Waals surface area contributed by atoms with E-state index < -0.39 is 12.0 Å². The zero-order chi connectivity index (χ0) is 11.3. The molecule has 0 spiro atoms. The van der Waals surface area contributed by atoms with Crippen molar-refractivity contribution in [1.29, 1.82) is 0 Å². The number of carbonyl (C=O) groups is 1. The van der Waals surface area contributed by atoms with E-state index in [2.05, 4.69) is 9.72 Å². The van der Waals surface area contributed by atoms with Gasteiger partial charge in [0, 0.05) is 11.9 Å². The normalized spacial score (nSPS) is 12.2. The molecular formula is C9H11ClN2O2S. The van der Waals surface area contributed by atoms with Gasteiger partial charge in [0.15, 0.2) is 0 Å². The van der Waals surface area contributed by atoms with E-state index in [0.29, 0.717) is 10.8 Å². The Hall–Kier alpha value is -0.780. The Bertz CT molecular complexity index is 331. The molecule has 0 aromatic carbocycles. The van der Waals surface area contributed by atoms with Crippen molar-refractivity contribution >= 4 is 29.3 Å². The van der Waals surface area contributed by atoms with Gasteiger partial charge in [-0.05, 0) is 12.1 Å². The molecule has 6 heteroatoms. The summed E-state index contributed by atoms with van der Waals surface area (Å²) in [4.78, 5) is 15.0. The van der Waals surface area contributed by atoms with Crippen molar-refractivity contribution in [2.45, 2.75) is 11.1 Å². The molecule has 1 aromatic rings. The molecule has 1 aromatic heterocycles. The van der Waals surface area contributed by atoms with E-state index in [4.69, 9.17) is 17.3 Å². The van der Waals surface area contributed by atoms with Crippen LogP contribution in [-0.2, 0) is 9.53 Å². The minimum atomic E-state index is -0.627. The van der Waals surface area contributed by atoms with Gasteiger partial charge in [-0.25, -0.2) is 4.98 Å². The van der Waals surface area contributed by atoms with Gasteiger partial charge in [0.1, 0.15) is 6.04 Å². The first-order valence-corrected chi connectivity index (χ1v) is 5.57. The summed E-state index contributed by atoms with van der Waals surface area (Å²) < 4.78 is 4.50. The van der Waals surface area contributed by atoms with Crippen LogP contribution in [-0.4, -0.2) is 29.9 Å². The van der Waals surface area contributed by atoms with Gasteiger partial charge < -0.3 is 10.5 Å². The SMILES string of the molecule is COC(=O)C(N)CSc1ccc(Cl)cn1. The number of aromatic nitrogens is 1. The summed E-state index contributed by atoms with van der Waals surface area (Å²) in [6.07, 6.45) is 1.55. The second-order valence-electron chi connectivity index (χ2n) is 2.76. The predicted molar refractivity (Wildman–Crippen MR) is 60.0 cm³/mol. The molecule has 1 atom stereocenters. The maximum Gasteiger partial charge on any atom is 0.323 e. The average Bonchev–Trinajstić information content (AvgIpc) is 2.26. The lowest BCUT2D eigenvalue weighted by molar-refractivity contribution is -0.141. The molecule has 4 nitrogen and oxygen atoms in total. The molecule has 82 valence electrons. The number of rotatable bonds is 4. The molecule has 0 bridgehead atoms. The van der Waals surface area contributed by atoms with Gasteiger partial charge in [-0.15, -0.1) is 11.8 Å². The van der Waals surface area contributed by atoms with Gasteiger partial charge in [-0.2, -0.15) is 0 Å². The second-order valence-corrected chi connectivity index (χ2v) is 4.23. The van der Waals surface area contributed by atoms with Crippen molar-refractivity contribution in [3.8, 4) is 0 Å². The molecule has 0 fully saturated rings. The molecule has 0 aliphatic heterocycles. The smallest absolute Gasteiger partial charge is 0.323 e. The van der Waals surface area contributed by atoms with Gasteiger partial charge in [0.25, 0.3) is 0 Å². The summed E-state index contributed by atoms with van der Waals surface area (Å²) >= 11 is 7.06. The van der Waals surface area contributed by atoms with Crippen molar-refractivity contribution in [3.63, 3.8) is 0 Å². The lowest BCUT2D eigenvalue weighted by Gasteiger charge is -2.07. The highest BCUT2D eigenvalue weighted by atomic mass is 35.5. The molecule has 0 radical (unpaired) electrons. The third kappa shape index (κ3) is 4.07. The van der Waals surface area contributed by atoms with Crippen LogP contribution in [0.15, 0.2) is 23.4 Å². The first-order valence-electron chi connectivity index (χ1n) is 4.21. The number of nitrogens with two attached hydrogens (primary N) is 1. The monoisotopic (exact) mass is 246 g/mol. The fourth-order valence-electron chi connectivity index (χ4n) is 0.842. The minimum absolute atomic E-state index is 0.420. The summed E-state index contributed by atoms with van der Waals surface area (Å²) in [5.74, 6) is 0.0119. The maximum absolute atomic E-state index is 11.0. The predicted octanol–water partition coefficient (Wildman–Crippen LogP) is 1.33. The van der Waals surface area contributed by atoms with E-state index in [0.717, 1.165) is 5.03 Å². The zero-order valence-electron chi connectivity index (χ0n) is 8.14. The summed E-state index contributed by atoms with van der Waals surface area (Å²) in [5.41, 5.74) is 5.56. The van der Waals surface area contributed by atoms with Crippen LogP contribution in [0.25, 0.3) is 0 Å². The van der Waals surface area contributed by atoms with Crippen LogP contribution in [0.3, 0.4) is 0 Å². The van der Waals surface area contributed by atoms with E-state index in [1.165, 1.54) is 18.9 Å². The number of nitrogens with zero attached hydrogens (tertiary/aromatic N) is 1. The van der Waals surface area contributed by atoms with E-state index in [9.17, 15) is 4.79 Å². The van der Waals surface area contributed by atoms with Crippen molar-refractivity contribution in [1.82, 2.24) is 4.98 Å². The molecule has 1 rings (SSSR count). The van der Waals surface area contributed by atoms with Crippen LogP contribution >= 0.6 is 23.4 Å². The van der Waals surface area contributed by atoms with Crippen LogP contribution in [0.4, 0.5) is 0 Å². The van der Waals surface area contributed by atoms with Gasteiger partial charge in [-0.3, -0.25) is 4.79 Å². The van der Waals surface area contributed by atoms with Gasteiger partial charge in [-0.1, -0.05) is 11.6 Å². The van der Waals surface area contributed by atoms with E-state index in [1.807, 2.05) is 0 Å². The third-order valence-corrected chi connectivity index (χ3v) is 2.90. The van der Waals surface area contributed by atoms with E-state index in [1.54, 1.807) is 18.3 Å². The standard InChI is InChI=1S/C9H11ClN2O2S/c1-14-9(13)7(11)5-15-8-3-2-6(10)4-12-8/h2-4,7H,5,11H2,1H3. The highest BCUT2D eigenvalue weighted by Gasteiger charge is 2.13. The number of halogens is 1. The lowest BCUT2D eigenvalue weighted by Crippen LogP contribution is -2.33. The minimum Gasteiger partial charge on any atom is -0.468 e. The molecule has 0 aliphatic rings. The Morgan fingerprint density at radius 3 is 3.00 bits per heavy atom. The Labute approximate surface area is 97.2 Å². The topological polar surface area (TPSA) is 65.2 Å². The van der Waals surface area contributed by atoms with Crippen LogP contribution in [0.2, 0.25) is 5.02 Å². The highest BCUT2D eigenvalue weighted by molar-refractivity contribution is 7.99. The van der Waals surface area contributed by atoms with Crippen molar-refractivity contribution in [2.24, 2.45) is 5.73 Å². The highest BCUT2D eigenvalue weighted by Crippen LogP contribution is 2.17. The Morgan fingerprint density at radius 2 is 2.47 bits per heavy atom. The van der Waals surface area contributed by atoms with E-state index >= 15 is 0 Å². The number of hydrogen-bond acceptors (Lipinski definition) is 5. The summed E-state index contributed by atoms with van der Waals surface area (Å²) in [6.45, 7) is 0. The van der Waals surface area contributed by atoms with Crippen LogP contribution in [0.5, 0.6) is 0 Å². The van der Waals surface area contributed by atoms with Gasteiger partial charge >= 0.3 is 5.97 Å². The van der Waals surface area contributed by atoms with Crippen LogP contribution < -0.4 is 5.73 Å². The molecular weight excluding hydrogens is 236 g/mol. The number of carbonyl (C=O) groups excluding carboxylic acids is 1. The molecule has 1 unspecified atom stereocenters. The molecule has 0 aliphatic carbocycles. The molecule has 0 saturated carbocycles. The molecule has 1 heterocycles. The lowest BCUT2D eigenvalue weighted by atomic mass is 10.4. The van der Waals surface area contributed by atoms with Crippen molar-refractivity contribution in [2.75, 3.05) is 12.9 Å². The second kappa shape index (κ2) is 5.95. The fraction of sp³-hybridized carbons (Fsp3) is 0.333. The summed E-state index contributed by atoms with van der Waals surface area (Å²) in [6, 6.07) is 2.88. The van der Waals surface area contributed by atoms with Gasteiger partial charge in [0.2, 0.25) is 0 Å². The molecule has 0 amide bonds. The third-order valence-electron chi connectivity index (χ3n) is 1.61.